The van der Waals surface area contributed by atoms with Gasteiger partial charge in [0, 0.05) is 18.2 Å². The van der Waals surface area contributed by atoms with Crippen LogP contribution in [0.5, 0.6) is 0 Å². The molecule has 23 heteroatoms. The third-order valence-corrected chi connectivity index (χ3v) is 11.4. The number of halogens is 1. The Morgan fingerprint density at radius 3 is 1.56 bits per heavy atom. The lowest BCUT2D eigenvalue weighted by atomic mass is 10.1. The van der Waals surface area contributed by atoms with Crippen molar-refractivity contribution in [2.75, 3.05) is 25.2 Å². The number of aliphatic carboxylic acids is 5. The number of aliphatic hydroxyl groups excluding tert-OH is 1. The molecule has 1 saturated heterocycles. The first kappa shape index (κ1) is 55.6. The van der Waals surface area contributed by atoms with Gasteiger partial charge in [-0.05, 0) is 91.6 Å². The SMILES string of the molecule is CC(N)C(=O)O.CSCC[C@H](N)C(=O)O.NC(CCO)C(=O)O.NC(Cc1ccc(Cl)cc1)C(=O)O.O=C(O)C1CCCN1O.O=S(c1cccs1)c1cccs1. The molecule has 2 aromatic heterocycles. The molecule has 4 rings (SSSR count). The van der Waals surface area contributed by atoms with E-state index in [0.717, 1.165) is 31.2 Å². The minimum absolute atomic E-state index is 0.120. The molecule has 3 heterocycles. The summed E-state index contributed by atoms with van der Waals surface area (Å²) in [6.45, 7) is 1.73. The number of benzene rings is 1. The van der Waals surface area contributed by atoms with E-state index in [2.05, 4.69) is 0 Å². The van der Waals surface area contributed by atoms with E-state index in [0.29, 0.717) is 30.8 Å². The molecule has 1 fully saturated rings. The van der Waals surface area contributed by atoms with Gasteiger partial charge in [-0.1, -0.05) is 35.9 Å². The Morgan fingerprint density at radius 1 is 0.825 bits per heavy atom. The molecule has 5 atom stereocenters. The van der Waals surface area contributed by atoms with Gasteiger partial charge in [-0.25, -0.2) is 4.21 Å². The van der Waals surface area contributed by atoms with E-state index in [4.69, 9.17) is 70.4 Å². The van der Waals surface area contributed by atoms with E-state index in [1.54, 1.807) is 36.0 Å². The predicted octanol–water partition coefficient (Wildman–Crippen LogP) is 2.55. The van der Waals surface area contributed by atoms with Crippen molar-refractivity contribution in [2.24, 2.45) is 22.9 Å². The minimum Gasteiger partial charge on any atom is -0.480 e. The highest BCUT2D eigenvalue weighted by Crippen LogP contribution is 2.23. The van der Waals surface area contributed by atoms with Crippen molar-refractivity contribution in [3.63, 3.8) is 0 Å². The summed E-state index contributed by atoms with van der Waals surface area (Å²) in [4.78, 5) is 50.1. The summed E-state index contributed by atoms with van der Waals surface area (Å²) in [5.74, 6) is -4.06. The molecule has 57 heavy (non-hydrogen) atoms. The van der Waals surface area contributed by atoms with Crippen LogP contribution < -0.4 is 22.9 Å². The Hall–Kier alpha value is -3.52. The second-order valence-electron chi connectivity index (χ2n) is 11.4. The number of aliphatic hydroxyl groups is 1. The van der Waals surface area contributed by atoms with Gasteiger partial charge in [-0.3, -0.25) is 24.0 Å². The maximum atomic E-state index is 11.7. The maximum Gasteiger partial charge on any atom is 0.323 e. The zero-order chi connectivity index (χ0) is 44.1. The Balaban J connectivity index is 0. The van der Waals surface area contributed by atoms with Gasteiger partial charge in [0.1, 0.15) is 41.0 Å². The molecule has 0 spiro atoms. The highest BCUT2D eigenvalue weighted by molar-refractivity contribution is 7.98. The van der Waals surface area contributed by atoms with Gasteiger partial charge in [0.15, 0.2) is 0 Å². The summed E-state index contributed by atoms with van der Waals surface area (Å²) in [6, 6.07) is 10.8. The average Bonchev–Trinajstić information content (AvgIpc) is 3.97. The fourth-order valence-electron chi connectivity index (χ4n) is 3.43. The largest absolute Gasteiger partial charge is 0.480 e. The highest BCUT2D eigenvalue weighted by Gasteiger charge is 2.28. The zero-order valence-corrected chi connectivity index (χ0v) is 35.2. The number of thiophene rings is 2. The van der Waals surface area contributed by atoms with Crippen LogP contribution in [0.25, 0.3) is 0 Å². The molecule has 0 aliphatic carbocycles. The Morgan fingerprint density at radius 2 is 1.28 bits per heavy atom. The topological polar surface area (TPSA) is 351 Å². The van der Waals surface area contributed by atoms with Crippen molar-refractivity contribution < 1.29 is 64.0 Å². The molecular weight excluding hydrogens is 850 g/mol. The molecule has 0 amide bonds. The minimum atomic E-state index is -1.07. The maximum absolute atomic E-state index is 11.7. The molecule has 0 saturated carbocycles. The normalized spacial score (nSPS) is 15.0. The van der Waals surface area contributed by atoms with Crippen molar-refractivity contribution in [1.29, 1.82) is 0 Å². The fourth-order valence-corrected chi connectivity index (χ4v) is 7.28. The van der Waals surface area contributed by atoms with E-state index >= 15 is 0 Å². The first-order valence-electron chi connectivity index (χ1n) is 16.6. The van der Waals surface area contributed by atoms with Gasteiger partial charge < -0.3 is 58.8 Å². The molecule has 0 bridgehead atoms. The third-order valence-electron chi connectivity index (χ3n) is 6.65. The molecule has 1 aliphatic heterocycles. The van der Waals surface area contributed by atoms with Crippen LogP contribution in [0.4, 0.5) is 0 Å². The second kappa shape index (κ2) is 32.4. The molecule has 18 nitrogen and oxygen atoms in total. The number of carboxylic acid groups (broad SMARTS) is 5. The smallest absolute Gasteiger partial charge is 0.323 e. The van der Waals surface area contributed by atoms with Gasteiger partial charge in [0.25, 0.3) is 0 Å². The number of hydrogen-bond donors (Lipinski definition) is 11. The number of nitrogens with zero attached hydrogens (tertiary/aromatic N) is 1. The first-order valence-corrected chi connectivity index (χ1v) is 21.3. The van der Waals surface area contributed by atoms with Gasteiger partial charge in [-0.2, -0.15) is 16.8 Å². The van der Waals surface area contributed by atoms with Crippen molar-refractivity contribution >= 4 is 86.7 Å². The lowest BCUT2D eigenvalue weighted by Crippen LogP contribution is -2.32. The Labute approximate surface area is 349 Å². The second-order valence-corrected chi connectivity index (χ2v) is 16.6. The Kier molecular flexibility index (Phi) is 31.6. The number of thioether (sulfide) groups is 1. The van der Waals surface area contributed by atoms with E-state index < -0.39 is 70.9 Å². The number of rotatable bonds is 14. The van der Waals surface area contributed by atoms with Gasteiger partial charge in [0.05, 0.1) is 8.42 Å². The molecular formula is C34H52ClN5O13S4. The standard InChI is InChI=1S/C9H10ClNO2.C8H6OS3.C5H9NO3.C5H11NO2S.C4H9NO3.C3H7NO2/c10-7-3-1-6(2-4-7)5-8(11)9(12)13;9-12(7-3-1-5-10-7)8-4-2-6-11-8;7-5(8)4-2-1-3-6(4)9;1-9-3-2-4(6)5(7)8;5-3(1-2-6)4(7)8;1-2(4)3(5)6/h1-4,8H,5,11H2,(H,12,13);1-6H;4,9H,1-3H2,(H,7,8);4H,2-3,6H2,1H3,(H,7,8);3,6H,1-2,5H2,(H,7,8);2H,4H2,1H3,(H,5,6)/t;;;4-;;/m...0../s1. The summed E-state index contributed by atoms with van der Waals surface area (Å²) in [7, 11) is -0.948. The number of carboxylic acids is 5. The summed E-state index contributed by atoms with van der Waals surface area (Å²) in [6.07, 6.45) is 4.26. The number of hydrogen-bond acceptors (Lipinski definition) is 16. The van der Waals surface area contributed by atoms with Gasteiger partial charge >= 0.3 is 29.8 Å². The lowest BCUT2D eigenvalue weighted by molar-refractivity contribution is -0.161. The molecule has 1 aliphatic rings. The highest BCUT2D eigenvalue weighted by atomic mass is 35.5. The molecule has 0 radical (unpaired) electrons. The number of nitrogens with two attached hydrogens (primary N) is 4. The third kappa shape index (κ3) is 27.7. The van der Waals surface area contributed by atoms with Crippen molar-refractivity contribution in [3.8, 4) is 0 Å². The van der Waals surface area contributed by atoms with Crippen LogP contribution in [-0.4, -0.2) is 130 Å². The first-order chi connectivity index (χ1) is 26.7. The van der Waals surface area contributed by atoms with Gasteiger partial charge in [-0.15, -0.1) is 22.7 Å². The van der Waals surface area contributed by atoms with Crippen LogP contribution in [0.1, 0.15) is 38.2 Å². The summed E-state index contributed by atoms with van der Waals surface area (Å²) < 4.78 is 13.6. The molecule has 15 N–H and O–H groups in total. The van der Waals surface area contributed by atoms with Crippen molar-refractivity contribution in [3.05, 3.63) is 69.9 Å². The van der Waals surface area contributed by atoms with Crippen LogP contribution in [-0.2, 0) is 41.2 Å². The zero-order valence-electron chi connectivity index (χ0n) is 31.2. The van der Waals surface area contributed by atoms with Crippen LogP contribution in [0, 0.1) is 0 Å². The van der Waals surface area contributed by atoms with Crippen LogP contribution >= 0.6 is 46.0 Å². The van der Waals surface area contributed by atoms with E-state index in [1.807, 2.05) is 41.3 Å². The van der Waals surface area contributed by atoms with Gasteiger partial charge in [0.2, 0.25) is 0 Å². The van der Waals surface area contributed by atoms with Crippen LogP contribution in [0.2, 0.25) is 5.02 Å². The van der Waals surface area contributed by atoms with Crippen LogP contribution in [0.3, 0.4) is 0 Å². The quantitative estimate of drug-likeness (QED) is 0.111. The molecule has 1 aromatic carbocycles. The summed E-state index contributed by atoms with van der Waals surface area (Å²) >= 11 is 10.3. The summed E-state index contributed by atoms with van der Waals surface area (Å²) in [5.41, 5.74) is 21.2. The lowest BCUT2D eigenvalue weighted by Gasteiger charge is -2.11. The fraction of sp³-hybridized carbons (Fsp3) is 0.441. The van der Waals surface area contributed by atoms with Crippen molar-refractivity contribution in [2.45, 2.75) is 77.7 Å². The van der Waals surface area contributed by atoms with E-state index in [1.165, 1.54) is 29.6 Å². The molecule has 322 valence electrons. The predicted molar refractivity (Wildman–Crippen MR) is 220 cm³/mol. The van der Waals surface area contributed by atoms with Crippen molar-refractivity contribution in [1.82, 2.24) is 5.06 Å². The molecule has 4 unspecified atom stereocenters. The Bertz CT molecular complexity index is 1550. The van der Waals surface area contributed by atoms with E-state index in [9.17, 15) is 28.2 Å². The monoisotopic (exact) mass is 901 g/mol. The summed E-state index contributed by atoms with van der Waals surface area (Å²) in [5, 5.41) is 63.5. The number of carbonyl (C=O) groups is 5. The van der Waals surface area contributed by atoms with E-state index in [-0.39, 0.29) is 13.0 Å². The van der Waals surface area contributed by atoms with Crippen LogP contribution in [0.15, 0.2) is 67.7 Å². The number of hydroxylamine groups is 2. The molecule has 3 aromatic rings. The average molecular weight is 903 g/mol.